The van der Waals surface area contributed by atoms with Crippen molar-refractivity contribution in [2.75, 3.05) is 19.7 Å². The molecule has 2 heteroatoms. The zero-order valence-electron chi connectivity index (χ0n) is 10.3. The average molecular weight is 211 g/mol. The van der Waals surface area contributed by atoms with E-state index in [4.69, 9.17) is 4.74 Å². The van der Waals surface area contributed by atoms with Crippen molar-refractivity contribution in [3.63, 3.8) is 0 Å². The van der Waals surface area contributed by atoms with E-state index in [0.29, 0.717) is 5.60 Å². The molecule has 0 aromatic heterocycles. The van der Waals surface area contributed by atoms with Crippen LogP contribution in [0.1, 0.15) is 52.4 Å². The van der Waals surface area contributed by atoms with E-state index in [1.807, 2.05) is 0 Å². The Morgan fingerprint density at radius 1 is 1.33 bits per heavy atom. The molecule has 2 rings (SSSR count). The molecule has 0 aliphatic carbocycles. The van der Waals surface area contributed by atoms with Crippen LogP contribution in [0.3, 0.4) is 0 Å². The van der Waals surface area contributed by atoms with Gasteiger partial charge in [0.05, 0.1) is 12.2 Å². The molecule has 0 bridgehead atoms. The number of unbranched alkanes of at least 4 members (excludes halogenated alkanes) is 1. The fraction of sp³-hybridized carbons (Fsp3) is 1.00. The predicted octanol–water partition coefficient (Wildman–Crippen LogP) is 2.82. The van der Waals surface area contributed by atoms with Gasteiger partial charge in [-0.3, -0.25) is 4.90 Å². The third-order valence-corrected chi connectivity index (χ3v) is 4.19. The van der Waals surface area contributed by atoms with Gasteiger partial charge in [-0.1, -0.05) is 26.7 Å². The lowest BCUT2D eigenvalue weighted by atomic mass is 9.94. The van der Waals surface area contributed by atoms with Crippen molar-refractivity contribution in [2.45, 2.75) is 64.0 Å². The van der Waals surface area contributed by atoms with Gasteiger partial charge in [-0.25, -0.2) is 0 Å². The molecule has 2 saturated heterocycles. The van der Waals surface area contributed by atoms with Crippen molar-refractivity contribution < 1.29 is 4.74 Å². The summed E-state index contributed by atoms with van der Waals surface area (Å²) in [6.45, 7) is 8.08. The minimum absolute atomic E-state index is 0.291. The fourth-order valence-corrected chi connectivity index (χ4v) is 2.98. The lowest BCUT2D eigenvalue weighted by molar-refractivity contribution is -0.138. The van der Waals surface area contributed by atoms with Gasteiger partial charge in [-0.05, 0) is 19.3 Å². The second-order valence-corrected chi connectivity index (χ2v) is 5.21. The van der Waals surface area contributed by atoms with Crippen LogP contribution >= 0.6 is 0 Å². The first kappa shape index (κ1) is 11.4. The second kappa shape index (κ2) is 4.84. The molecular weight excluding hydrogens is 186 g/mol. The summed E-state index contributed by atoms with van der Waals surface area (Å²) in [6, 6.07) is 0.813. The lowest BCUT2D eigenvalue weighted by Gasteiger charge is -2.39. The van der Waals surface area contributed by atoms with Crippen LogP contribution in [0.4, 0.5) is 0 Å². The highest BCUT2D eigenvalue weighted by molar-refractivity contribution is 4.98. The number of hydrogen-bond acceptors (Lipinski definition) is 2. The number of ether oxygens (including phenoxy) is 1. The molecule has 0 N–H and O–H groups in total. The molecule has 2 atom stereocenters. The molecule has 2 heterocycles. The second-order valence-electron chi connectivity index (χ2n) is 5.21. The Morgan fingerprint density at radius 3 is 2.60 bits per heavy atom. The summed E-state index contributed by atoms with van der Waals surface area (Å²) in [5.41, 5.74) is 0.291. The maximum Gasteiger partial charge on any atom is 0.0842 e. The van der Waals surface area contributed by atoms with Crippen LogP contribution in [-0.4, -0.2) is 36.2 Å². The summed E-state index contributed by atoms with van der Waals surface area (Å²) in [4.78, 5) is 2.68. The largest absolute Gasteiger partial charge is 0.373 e. The highest BCUT2D eigenvalue weighted by Crippen LogP contribution is 2.37. The molecule has 88 valence electrons. The first-order valence-corrected chi connectivity index (χ1v) is 6.67. The summed E-state index contributed by atoms with van der Waals surface area (Å²) >= 11 is 0. The van der Waals surface area contributed by atoms with Gasteiger partial charge in [0.1, 0.15) is 0 Å². The molecule has 0 aromatic carbocycles. The maximum absolute atomic E-state index is 5.77. The third kappa shape index (κ3) is 2.36. The molecule has 2 aliphatic heterocycles. The molecule has 2 aliphatic rings. The number of hydrogen-bond donors (Lipinski definition) is 0. The van der Waals surface area contributed by atoms with E-state index in [1.54, 1.807) is 0 Å². The van der Waals surface area contributed by atoms with Gasteiger partial charge in [0.25, 0.3) is 0 Å². The van der Waals surface area contributed by atoms with Crippen molar-refractivity contribution in [1.82, 2.24) is 4.90 Å². The van der Waals surface area contributed by atoms with E-state index < -0.39 is 0 Å². The summed E-state index contributed by atoms with van der Waals surface area (Å²) in [7, 11) is 0. The monoisotopic (exact) mass is 211 g/mol. The van der Waals surface area contributed by atoms with Crippen LogP contribution in [0.5, 0.6) is 0 Å². The predicted molar refractivity (Wildman–Crippen MR) is 63.1 cm³/mol. The lowest BCUT2D eigenvalue weighted by Crippen LogP contribution is -2.47. The highest BCUT2D eigenvalue weighted by Gasteiger charge is 2.45. The van der Waals surface area contributed by atoms with Crippen LogP contribution in [0.25, 0.3) is 0 Å². The maximum atomic E-state index is 5.77. The summed E-state index contributed by atoms with van der Waals surface area (Å²) in [5.74, 6) is 0. The summed E-state index contributed by atoms with van der Waals surface area (Å²) in [5, 5.41) is 0. The van der Waals surface area contributed by atoms with Gasteiger partial charge in [-0.2, -0.15) is 0 Å². The Morgan fingerprint density at radius 2 is 2.13 bits per heavy atom. The van der Waals surface area contributed by atoms with Gasteiger partial charge in [0.15, 0.2) is 0 Å². The molecule has 0 aromatic rings. The van der Waals surface area contributed by atoms with E-state index in [-0.39, 0.29) is 0 Å². The van der Waals surface area contributed by atoms with Gasteiger partial charge < -0.3 is 4.74 Å². The molecule has 2 fully saturated rings. The van der Waals surface area contributed by atoms with E-state index in [1.165, 1.54) is 51.6 Å². The Hall–Kier alpha value is -0.0800. The van der Waals surface area contributed by atoms with E-state index in [2.05, 4.69) is 18.7 Å². The minimum atomic E-state index is 0.291. The Labute approximate surface area is 94.0 Å². The molecule has 2 nitrogen and oxygen atoms in total. The standard InChI is InChI=1S/C13H25NO/c1-3-5-6-12(4-2)14-9-7-13(11-14)8-10-15-13/h12H,3-11H2,1-2H3. The van der Waals surface area contributed by atoms with Crippen molar-refractivity contribution in [2.24, 2.45) is 0 Å². The van der Waals surface area contributed by atoms with E-state index in [0.717, 1.165) is 12.6 Å². The molecule has 15 heavy (non-hydrogen) atoms. The smallest absolute Gasteiger partial charge is 0.0842 e. The molecule has 0 radical (unpaired) electrons. The molecular formula is C13H25NO. The van der Waals surface area contributed by atoms with Crippen molar-refractivity contribution in [3.05, 3.63) is 0 Å². The summed E-state index contributed by atoms with van der Waals surface area (Å²) in [6.07, 6.45) is 7.96. The van der Waals surface area contributed by atoms with Crippen molar-refractivity contribution in [1.29, 1.82) is 0 Å². The molecule has 2 unspecified atom stereocenters. The topological polar surface area (TPSA) is 12.5 Å². The number of nitrogens with zero attached hydrogens (tertiary/aromatic N) is 1. The van der Waals surface area contributed by atoms with Gasteiger partial charge in [-0.15, -0.1) is 0 Å². The van der Waals surface area contributed by atoms with Crippen LogP contribution in [0.2, 0.25) is 0 Å². The highest BCUT2D eigenvalue weighted by atomic mass is 16.5. The van der Waals surface area contributed by atoms with Gasteiger partial charge in [0.2, 0.25) is 0 Å². The minimum Gasteiger partial charge on any atom is -0.373 e. The van der Waals surface area contributed by atoms with Gasteiger partial charge in [0, 0.05) is 25.6 Å². The zero-order chi connectivity index (χ0) is 10.7. The fourth-order valence-electron chi connectivity index (χ4n) is 2.98. The Balaban J connectivity index is 1.81. The van der Waals surface area contributed by atoms with Crippen LogP contribution < -0.4 is 0 Å². The zero-order valence-corrected chi connectivity index (χ0v) is 10.3. The van der Waals surface area contributed by atoms with E-state index >= 15 is 0 Å². The van der Waals surface area contributed by atoms with Crippen molar-refractivity contribution in [3.8, 4) is 0 Å². The van der Waals surface area contributed by atoms with Crippen molar-refractivity contribution >= 4 is 0 Å². The molecule has 0 amide bonds. The quantitative estimate of drug-likeness (QED) is 0.693. The normalized spacial score (nSPS) is 33.2. The Bertz CT molecular complexity index is 201. The van der Waals surface area contributed by atoms with E-state index in [9.17, 15) is 0 Å². The molecule has 0 saturated carbocycles. The van der Waals surface area contributed by atoms with Crippen LogP contribution in [-0.2, 0) is 4.74 Å². The number of likely N-dealkylation sites (tertiary alicyclic amines) is 1. The first-order chi connectivity index (χ1) is 7.29. The first-order valence-electron chi connectivity index (χ1n) is 6.67. The van der Waals surface area contributed by atoms with Crippen LogP contribution in [0.15, 0.2) is 0 Å². The molecule has 1 spiro atoms. The summed E-state index contributed by atoms with van der Waals surface area (Å²) < 4.78 is 5.77. The van der Waals surface area contributed by atoms with Gasteiger partial charge >= 0.3 is 0 Å². The SMILES string of the molecule is CCCCC(CC)N1CCC2(CCO2)C1. The Kier molecular flexibility index (Phi) is 3.68. The van der Waals surface area contributed by atoms with Crippen LogP contribution in [0, 0.1) is 0 Å². The third-order valence-electron chi connectivity index (χ3n) is 4.19. The number of rotatable bonds is 5. The average Bonchev–Trinajstić information content (AvgIpc) is 2.64.